The predicted octanol–water partition coefficient (Wildman–Crippen LogP) is 3.74. The van der Waals surface area contributed by atoms with Crippen LogP contribution < -0.4 is 5.32 Å². The molecule has 0 radical (unpaired) electrons. The Bertz CT molecular complexity index is 449. The predicted molar refractivity (Wildman–Crippen MR) is 94.3 cm³/mol. The van der Waals surface area contributed by atoms with Gasteiger partial charge in [0, 0.05) is 18.7 Å². The summed E-state index contributed by atoms with van der Waals surface area (Å²) in [6.45, 7) is 8.19. The van der Waals surface area contributed by atoms with Crippen LogP contribution in [0.15, 0.2) is 24.3 Å². The molecular formula is C19H32N2O. The Kier molecular flexibility index (Phi) is 7.60. The van der Waals surface area contributed by atoms with Crippen LogP contribution in [-0.2, 0) is 6.42 Å². The van der Waals surface area contributed by atoms with Crippen molar-refractivity contribution in [3.05, 3.63) is 35.4 Å². The van der Waals surface area contributed by atoms with E-state index in [9.17, 15) is 4.79 Å². The molecule has 0 saturated heterocycles. The molecule has 3 heteroatoms. The van der Waals surface area contributed by atoms with E-state index >= 15 is 0 Å². The highest BCUT2D eigenvalue weighted by molar-refractivity contribution is 5.94. The first-order valence-electron chi connectivity index (χ1n) is 8.36. The zero-order chi connectivity index (χ0) is 16.6. The summed E-state index contributed by atoms with van der Waals surface area (Å²) in [5.74, 6) is 0.0203. The summed E-state index contributed by atoms with van der Waals surface area (Å²) >= 11 is 0. The van der Waals surface area contributed by atoms with Crippen LogP contribution in [0.25, 0.3) is 0 Å². The van der Waals surface area contributed by atoms with Crippen LogP contribution in [0.5, 0.6) is 0 Å². The first kappa shape index (κ1) is 18.7. The highest BCUT2D eigenvalue weighted by Gasteiger charge is 2.20. The Labute approximate surface area is 136 Å². The molecule has 0 unspecified atom stereocenters. The Hall–Kier alpha value is -1.35. The number of benzene rings is 1. The average Bonchev–Trinajstić information content (AvgIpc) is 2.44. The Morgan fingerprint density at radius 3 is 2.32 bits per heavy atom. The fraction of sp³-hybridized carbons (Fsp3) is 0.632. The topological polar surface area (TPSA) is 32.3 Å². The number of hydrogen-bond donors (Lipinski definition) is 1. The highest BCUT2D eigenvalue weighted by atomic mass is 16.1. The summed E-state index contributed by atoms with van der Waals surface area (Å²) in [5.41, 5.74) is 2.14. The van der Waals surface area contributed by atoms with Crippen molar-refractivity contribution < 1.29 is 4.79 Å². The molecule has 0 fully saturated rings. The standard InChI is InChI=1S/C19H32N2O/c1-6-7-8-9-16-10-12-17(13-11-16)18(22)20-14-19(2,3)15-21(4)5/h10-13H,6-9,14-15H2,1-5H3,(H,20,22). The van der Waals surface area contributed by atoms with Crippen molar-refractivity contribution in [2.75, 3.05) is 27.2 Å². The lowest BCUT2D eigenvalue weighted by Crippen LogP contribution is -2.39. The third kappa shape index (κ3) is 7.08. The number of aryl methyl sites for hydroxylation is 1. The fourth-order valence-corrected chi connectivity index (χ4v) is 2.74. The molecule has 1 amide bonds. The van der Waals surface area contributed by atoms with Gasteiger partial charge in [0.15, 0.2) is 0 Å². The van der Waals surface area contributed by atoms with Crippen LogP contribution in [0, 0.1) is 5.41 Å². The summed E-state index contributed by atoms with van der Waals surface area (Å²) in [6.07, 6.45) is 4.83. The van der Waals surface area contributed by atoms with Gasteiger partial charge in [-0.05, 0) is 50.0 Å². The van der Waals surface area contributed by atoms with Crippen LogP contribution in [0.2, 0.25) is 0 Å². The second-order valence-electron chi connectivity index (χ2n) is 7.24. The maximum absolute atomic E-state index is 12.2. The third-order valence-electron chi connectivity index (χ3n) is 3.76. The Morgan fingerprint density at radius 1 is 1.14 bits per heavy atom. The monoisotopic (exact) mass is 304 g/mol. The maximum Gasteiger partial charge on any atom is 0.251 e. The second kappa shape index (κ2) is 8.94. The maximum atomic E-state index is 12.2. The second-order valence-corrected chi connectivity index (χ2v) is 7.24. The van der Waals surface area contributed by atoms with Gasteiger partial charge in [-0.15, -0.1) is 0 Å². The molecule has 1 rings (SSSR count). The summed E-state index contributed by atoms with van der Waals surface area (Å²) < 4.78 is 0. The van der Waals surface area contributed by atoms with Crippen molar-refractivity contribution in [3.8, 4) is 0 Å². The van der Waals surface area contributed by atoms with Crippen LogP contribution in [0.1, 0.15) is 56.0 Å². The van der Waals surface area contributed by atoms with Crippen LogP contribution in [0.4, 0.5) is 0 Å². The third-order valence-corrected chi connectivity index (χ3v) is 3.76. The molecule has 0 atom stereocenters. The molecular weight excluding hydrogens is 272 g/mol. The smallest absolute Gasteiger partial charge is 0.251 e. The van der Waals surface area contributed by atoms with Crippen LogP contribution in [-0.4, -0.2) is 38.0 Å². The number of amides is 1. The van der Waals surface area contributed by atoms with Gasteiger partial charge < -0.3 is 10.2 Å². The van der Waals surface area contributed by atoms with E-state index < -0.39 is 0 Å². The van der Waals surface area contributed by atoms with Gasteiger partial charge in [0.05, 0.1) is 0 Å². The lowest BCUT2D eigenvalue weighted by molar-refractivity contribution is 0.0929. The van der Waals surface area contributed by atoms with Gasteiger partial charge in [0.1, 0.15) is 0 Å². The molecule has 22 heavy (non-hydrogen) atoms. The van der Waals surface area contributed by atoms with Gasteiger partial charge in [-0.2, -0.15) is 0 Å². The average molecular weight is 304 g/mol. The summed E-state index contributed by atoms with van der Waals surface area (Å²) in [5, 5.41) is 3.05. The molecule has 0 spiro atoms. The number of rotatable bonds is 9. The minimum absolute atomic E-state index is 0.0203. The molecule has 1 aromatic rings. The molecule has 0 aromatic heterocycles. The molecule has 0 saturated carbocycles. The number of hydrogen-bond acceptors (Lipinski definition) is 2. The summed E-state index contributed by atoms with van der Waals surface area (Å²) in [4.78, 5) is 14.4. The van der Waals surface area contributed by atoms with E-state index in [2.05, 4.69) is 57.2 Å². The molecule has 3 nitrogen and oxygen atoms in total. The van der Waals surface area contributed by atoms with E-state index in [1.807, 2.05) is 12.1 Å². The van der Waals surface area contributed by atoms with Gasteiger partial charge in [0.2, 0.25) is 0 Å². The number of carbonyl (C=O) groups is 1. The van der Waals surface area contributed by atoms with Crippen molar-refractivity contribution in [2.45, 2.75) is 46.5 Å². The van der Waals surface area contributed by atoms with Crippen molar-refractivity contribution in [1.29, 1.82) is 0 Å². The van der Waals surface area contributed by atoms with E-state index in [1.54, 1.807) is 0 Å². The van der Waals surface area contributed by atoms with Gasteiger partial charge in [0.25, 0.3) is 5.91 Å². The first-order valence-corrected chi connectivity index (χ1v) is 8.36. The number of nitrogens with zero attached hydrogens (tertiary/aromatic N) is 1. The van der Waals surface area contributed by atoms with Gasteiger partial charge >= 0.3 is 0 Å². The zero-order valence-electron chi connectivity index (χ0n) is 14.9. The molecule has 124 valence electrons. The number of unbranched alkanes of at least 4 members (excludes halogenated alkanes) is 2. The van der Waals surface area contributed by atoms with E-state index in [4.69, 9.17) is 0 Å². The lowest BCUT2D eigenvalue weighted by atomic mass is 9.93. The summed E-state index contributed by atoms with van der Waals surface area (Å²) in [7, 11) is 4.11. The highest BCUT2D eigenvalue weighted by Crippen LogP contribution is 2.15. The molecule has 0 aliphatic carbocycles. The van der Waals surface area contributed by atoms with Gasteiger partial charge in [-0.3, -0.25) is 4.79 Å². The normalized spacial score (nSPS) is 11.7. The minimum Gasteiger partial charge on any atom is -0.351 e. The molecule has 0 aliphatic heterocycles. The van der Waals surface area contributed by atoms with Crippen LogP contribution in [0.3, 0.4) is 0 Å². The molecule has 0 heterocycles. The quantitative estimate of drug-likeness (QED) is 0.705. The van der Waals surface area contributed by atoms with E-state index in [0.717, 1.165) is 18.5 Å². The molecule has 1 N–H and O–H groups in total. The molecule has 0 aliphatic rings. The Morgan fingerprint density at radius 2 is 1.77 bits per heavy atom. The van der Waals surface area contributed by atoms with Crippen molar-refractivity contribution in [2.24, 2.45) is 5.41 Å². The van der Waals surface area contributed by atoms with E-state index in [1.165, 1.54) is 24.8 Å². The molecule has 1 aromatic carbocycles. The number of nitrogens with one attached hydrogen (secondary N) is 1. The number of carbonyl (C=O) groups excluding carboxylic acids is 1. The first-order chi connectivity index (χ1) is 10.3. The SMILES string of the molecule is CCCCCc1ccc(C(=O)NCC(C)(C)CN(C)C)cc1. The lowest BCUT2D eigenvalue weighted by Gasteiger charge is -2.28. The van der Waals surface area contributed by atoms with E-state index in [0.29, 0.717) is 6.54 Å². The van der Waals surface area contributed by atoms with E-state index in [-0.39, 0.29) is 11.3 Å². The zero-order valence-corrected chi connectivity index (χ0v) is 14.9. The minimum atomic E-state index is 0.0203. The summed E-state index contributed by atoms with van der Waals surface area (Å²) in [6, 6.07) is 8.04. The molecule has 0 bridgehead atoms. The fourth-order valence-electron chi connectivity index (χ4n) is 2.74. The van der Waals surface area contributed by atoms with Gasteiger partial charge in [-0.1, -0.05) is 45.7 Å². The Balaban J connectivity index is 2.48. The van der Waals surface area contributed by atoms with Crippen molar-refractivity contribution in [1.82, 2.24) is 10.2 Å². The largest absolute Gasteiger partial charge is 0.351 e. The van der Waals surface area contributed by atoms with Crippen molar-refractivity contribution in [3.63, 3.8) is 0 Å². The van der Waals surface area contributed by atoms with Gasteiger partial charge in [-0.25, -0.2) is 0 Å². The van der Waals surface area contributed by atoms with Crippen LogP contribution >= 0.6 is 0 Å². The van der Waals surface area contributed by atoms with Crippen molar-refractivity contribution >= 4 is 5.91 Å².